The molecule has 124 valence electrons. The molecule has 24 heavy (non-hydrogen) atoms. The number of nitrogens with zero attached hydrogens (tertiary/aromatic N) is 3. The molecule has 2 amide bonds. The molecule has 0 aliphatic heterocycles. The molecule has 2 aromatic heterocycles. The van der Waals surface area contributed by atoms with Crippen molar-refractivity contribution < 1.29 is 4.79 Å². The Balaban J connectivity index is 1.55. The van der Waals surface area contributed by atoms with E-state index in [0.29, 0.717) is 6.54 Å². The van der Waals surface area contributed by atoms with Crippen LogP contribution in [0.3, 0.4) is 0 Å². The van der Waals surface area contributed by atoms with Crippen LogP contribution in [0.25, 0.3) is 5.69 Å². The van der Waals surface area contributed by atoms with Gasteiger partial charge in [-0.3, -0.25) is 0 Å². The van der Waals surface area contributed by atoms with Crippen molar-refractivity contribution >= 4 is 17.4 Å². The van der Waals surface area contributed by atoms with Gasteiger partial charge in [-0.2, -0.15) is 0 Å². The molecular formula is C17H19N5OS. The summed E-state index contributed by atoms with van der Waals surface area (Å²) in [5, 5.41) is 6.69. The van der Waals surface area contributed by atoms with Crippen molar-refractivity contribution in [2.45, 2.75) is 26.4 Å². The number of thiazole rings is 1. The van der Waals surface area contributed by atoms with E-state index >= 15 is 0 Å². The number of hydrogen-bond acceptors (Lipinski definition) is 4. The van der Waals surface area contributed by atoms with E-state index < -0.39 is 0 Å². The molecule has 0 aliphatic rings. The first kappa shape index (κ1) is 16.2. The van der Waals surface area contributed by atoms with Gasteiger partial charge >= 0.3 is 6.03 Å². The molecule has 0 bridgehead atoms. The van der Waals surface area contributed by atoms with E-state index in [1.165, 1.54) is 0 Å². The Bertz CT molecular complexity index is 812. The number of urea groups is 1. The van der Waals surface area contributed by atoms with Crippen LogP contribution in [0.2, 0.25) is 0 Å². The molecule has 1 aromatic carbocycles. The Hall–Kier alpha value is -2.67. The largest absolute Gasteiger partial charge is 0.334 e. The number of carbonyl (C=O) groups is 1. The molecule has 0 saturated carbocycles. The number of imidazole rings is 1. The standard InChI is InChI=1S/C17H19N5OS/c1-12-9-19-16(24-12)13(2)21-17(23)20-10-14-4-3-5-15(8-14)22-7-6-18-11-22/h3-9,11,13H,10H2,1-2H3,(H2,20,21,23)/t13-/m0/s1. The minimum absolute atomic E-state index is 0.110. The third-order valence-electron chi connectivity index (χ3n) is 3.52. The summed E-state index contributed by atoms with van der Waals surface area (Å²) in [5.41, 5.74) is 2.04. The Morgan fingerprint density at radius 2 is 2.29 bits per heavy atom. The number of amides is 2. The summed E-state index contributed by atoms with van der Waals surface area (Å²) in [5.74, 6) is 0. The van der Waals surface area contributed by atoms with Crippen LogP contribution in [-0.2, 0) is 6.54 Å². The van der Waals surface area contributed by atoms with Gasteiger partial charge in [0.15, 0.2) is 0 Å². The lowest BCUT2D eigenvalue weighted by atomic mass is 10.2. The van der Waals surface area contributed by atoms with Crippen LogP contribution < -0.4 is 10.6 Å². The summed E-state index contributed by atoms with van der Waals surface area (Å²) in [6.07, 6.45) is 7.19. The van der Waals surface area contributed by atoms with E-state index in [4.69, 9.17) is 0 Å². The zero-order chi connectivity index (χ0) is 16.9. The van der Waals surface area contributed by atoms with Gasteiger partial charge < -0.3 is 15.2 Å². The monoisotopic (exact) mass is 341 g/mol. The highest BCUT2D eigenvalue weighted by molar-refractivity contribution is 7.11. The summed E-state index contributed by atoms with van der Waals surface area (Å²) >= 11 is 1.59. The minimum Gasteiger partial charge on any atom is -0.334 e. The van der Waals surface area contributed by atoms with Crippen LogP contribution in [0.5, 0.6) is 0 Å². The molecule has 7 heteroatoms. The Labute approximate surface area is 144 Å². The second kappa shape index (κ2) is 7.27. The lowest BCUT2D eigenvalue weighted by Gasteiger charge is -2.13. The number of hydrogen-bond donors (Lipinski definition) is 2. The minimum atomic E-state index is -0.205. The highest BCUT2D eigenvalue weighted by Crippen LogP contribution is 2.18. The number of carbonyl (C=O) groups excluding carboxylic acids is 1. The predicted octanol–water partition coefficient (Wildman–Crippen LogP) is 3.20. The Morgan fingerprint density at radius 3 is 3.00 bits per heavy atom. The fourth-order valence-corrected chi connectivity index (χ4v) is 3.08. The topological polar surface area (TPSA) is 71.8 Å². The van der Waals surface area contributed by atoms with Crippen LogP contribution in [0, 0.1) is 6.92 Å². The van der Waals surface area contributed by atoms with Crippen molar-refractivity contribution in [1.82, 2.24) is 25.2 Å². The molecule has 0 aliphatic carbocycles. The summed E-state index contributed by atoms with van der Waals surface area (Å²) in [6.45, 7) is 4.39. The third-order valence-corrected chi connectivity index (χ3v) is 4.62. The number of nitrogens with one attached hydrogen (secondary N) is 2. The Kier molecular flexibility index (Phi) is 4.90. The van der Waals surface area contributed by atoms with Crippen molar-refractivity contribution in [2.24, 2.45) is 0 Å². The highest BCUT2D eigenvalue weighted by atomic mass is 32.1. The first-order valence-corrected chi connectivity index (χ1v) is 8.47. The van der Waals surface area contributed by atoms with Crippen molar-refractivity contribution in [1.29, 1.82) is 0 Å². The maximum atomic E-state index is 12.1. The molecule has 0 unspecified atom stereocenters. The van der Waals surface area contributed by atoms with E-state index in [9.17, 15) is 4.79 Å². The van der Waals surface area contributed by atoms with Gasteiger partial charge in [0.1, 0.15) is 5.01 Å². The predicted molar refractivity (Wildman–Crippen MR) is 94.2 cm³/mol. The molecule has 0 saturated heterocycles. The smallest absolute Gasteiger partial charge is 0.315 e. The molecule has 0 radical (unpaired) electrons. The fourth-order valence-electron chi connectivity index (χ4n) is 2.30. The van der Waals surface area contributed by atoms with Gasteiger partial charge in [0.05, 0.1) is 12.4 Å². The van der Waals surface area contributed by atoms with E-state index in [1.807, 2.05) is 55.1 Å². The first-order chi connectivity index (χ1) is 11.6. The molecule has 2 N–H and O–H groups in total. The first-order valence-electron chi connectivity index (χ1n) is 7.66. The lowest BCUT2D eigenvalue weighted by molar-refractivity contribution is 0.237. The second-order valence-electron chi connectivity index (χ2n) is 5.50. The van der Waals surface area contributed by atoms with Crippen molar-refractivity contribution in [3.8, 4) is 5.69 Å². The average molecular weight is 341 g/mol. The molecule has 0 spiro atoms. The van der Waals surface area contributed by atoms with Gasteiger partial charge in [-0.25, -0.2) is 14.8 Å². The van der Waals surface area contributed by atoms with Gasteiger partial charge in [0.2, 0.25) is 0 Å². The normalized spacial score (nSPS) is 11.9. The number of aryl methyl sites for hydroxylation is 1. The molecule has 0 fully saturated rings. The van der Waals surface area contributed by atoms with Crippen molar-refractivity contribution in [3.63, 3.8) is 0 Å². The summed E-state index contributed by atoms with van der Waals surface area (Å²) in [4.78, 5) is 21.5. The van der Waals surface area contributed by atoms with Crippen molar-refractivity contribution in [3.05, 3.63) is 64.6 Å². The fraction of sp³-hybridized carbons (Fsp3) is 0.235. The van der Waals surface area contributed by atoms with Gasteiger partial charge in [0, 0.05) is 35.7 Å². The number of benzene rings is 1. The number of aromatic nitrogens is 3. The summed E-state index contributed by atoms with van der Waals surface area (Å²) < 4.78 is 1.93. The van der Waals surface area contributed by atoms with E-state index in [2.05, 4.69) is 20.6 Å². The quantitative estimate of drug-likeness (QED) is 0.748. The average Bonchev–Trinajstić information content (AvgIpc) is 3.25. The molecular weight excluding hydrogens is 322 g/mol. The third kappa shape index (κ3) is 3.99. The molecule has 6 nitrogen and oxygen atoms in total. The zero-order valence-electron chi connectivity index (χ0n) is 13.6. The molecule has 3 rings (SSSR count). The van der Waals surface area contributed by atoms with Gasteiger partial charge in [-0.05, 0) is 31.5 Å². The van der Waals surface area contributed by atoms with Gasteiger partial charge in [-0.1, -0.05) is 12.1 Å². The van der Waals surface area contributed by atoms with Crippen molar-refractivity contribution in [2.75, 3.05) is 0 Å². The summed E-state index contributed by atoms with van der Waals surface area (Å²) in [6, 6.07) is 7.65. The van der Waals surface area contributed by atoms with Gasteiger partial charge in [0.25, 0.3) is 0 Å². The SMILES string of the molecule is Cc1cnc([C@H](C)NC(=O)NCc2cccc(-n3ccnc3)c2)s1. The highest BCUT2D eigenvalue weighted by Gasteiger charge is 2.12. The molecule has 1 atom stereocenters. The second-order valence-corrected chi connectivity index (χ2v) is 6.76. The Morgan fingerprint density at radius 1 is 1.42 bits per heavy atom. The number of rotatable bonds is 5. The lowest BCUT2D eigenvalue weighted by Crippen LogP contribution is -2.36. The molecule has 2 heterocycles. The molecule has 3 aromatic rings. The van der Waals surface area contributed by atoms with E-state index in [0.717, 1.165) is 21.1 Å². The zero-order valence-corrected chi connectivity index (χ0v) is 14.4. The van der Waals surface area contributed by atoms with Crippen LogP contribution in [0.4, 0.5) is 4.79 Å². The van der Waals surface area contributed by atoms with Crippen LogP contribution in [-0.4, -0.2) is 20.6 Å². The van der Waals surface area contributed by atoms with Crippen LogP contribution in [0.15, 0.2) is 49.2 Å². The maximum absolute atomic E-state index is 12.1. The van der Waals surface area contributed by atoms with Gasteiger partial charge in [-0.15, -0.1) is 11.3 Å². The van der Waals surface area contributed by atoms with E-state index in [-0.39, 0.29) is 12.1 Å². The van der Waals surface area contributed by atoms with Crippen LogP contribution in [0.1, 0.15) is 28.4 Å². The maximum Gasteiger partial charge on any atom is 0.315 e. The van der Waals surface area contributed by atoms with E-state index in [1.54, 1.807) is 23.9 Å². The van der Waals surface area contributed by atoms with Crippen LogP contribution >= 0.6 is 11.3 Å². The summed E-state index contributed by atoms with van der Waals surface area (Å²) in [7, 11) is 0.